The zero-order valence-corrected chi connectivity index (χ0v) is 16.4. The minimum absolute atomic E-state index is 0.0396. The second-order valence-corrected chi connectivity index (χ2v) is 6.68. The second kappa shape index (κ2) is 8.50. The van der Waals surface area contributed by atoms with Crippen LogP contribution in [0.25, 0.3) is 22.2 Å². The lowest BCUT2D eigenvalue weighted by Gasteiger charge is -2.09. The molecule has 0 saturated heterocycles. The van der Waals surface area contributed by atoms with Crippen LogP contribution in [0, 0.1) is 5.82 Å². The molecule has 0 aliphatic carbocycles. The van der Waals surface area contributed by atoms with E-state index in [2.05, 4.69) is 25.6 Å². The van der Waals surface area contributed by atoms with Crippen molar-refractivity contribution in [3.05, 3.63) is 59.8 Å². The number of ether oxygens (including phenoxy) is 1. The summed E-state index contributed by atoms with van der Waals surface area (Å²) in [5.74, 6) is 0.114. The van der Waals surface area contributed by atoms with Crippen LogP contribution >= 0.6 is 11.6 Å². The van der Waals surface area contributed by atoms with Crippen LogP contribution in [0.2, 0.25) is 5.02 Å². The fourth-order valence-electron chi connectivity index (χ4n) is 2.87. The molecule has 2 aromatic carbocycles. The third-order valence-electron chi connectivity index (χ3n) is 4.32. The first-order valence-electron chi connectivity index (χ1n) is 9.09. The molecule has 4 rings (SSSR count). The van der Waals surface area contributed by atoms with Gasteiger partial charge in [0, 0.05) is 23.2 Å². The number of aromatic nitrogens is 5. The van der Waals surface area contributed by atoms with Crippen molar-refractivity contribution in [3.8, 4) is 11.3 Å². The largest absolute Gasteiger partial charge is 0.380 e. The average Bonchev–Trinajstić information content (AvgIpc) is 3.20. The molecule has 0 saturated carbocycles. The van der Waals surface area contributed by atoms with E-state index in [1.807, 2.05) is 31.3 Å². The van der Waals surface area contributed by atoms with Crippen molar-refractivity contribution in [2.24, 2.45) is 0 Å². The van der Waals surface area contributed by atoms with Crippen molar-refractivity contribution < 1.29 is 9.13 Å². The number of benzene rings is 2. The quantitative estimate of drug-likeness (QED) is 0.451. The highest BCUT2D eigenvalue weighted by molar-refractivity contribution is 6.31. The Labute approximate surface area is 171 Å². The van der Waals surface area contributed by atoms with E-state index < -0.39 is 5.82 Å². The van der Waals surface area contributed by atoms with Crippen molar-refractivity contribution in [1.29, 1.82) is 0 Å². The minimum Gasteiger partial charge on any atom is -0.380 e. The van der Waals surface area contributed by atoms with E-state index in [9.17, 15) is 4.39 Å². The zero-order valence-electron chi connectivity index (χ0n) is 15.6. The SMILES string of the molecule is CCOCCn1cc(-c2ccc3ncnc(Nc4ccc(F)c(Cl)c4)c3c2)nn1. The highest BCUT2D eigenvalue weighted by Gasteiger charge is 2.10. The van der Waals surface area contributed by atoms with Gasteiger partial charge >= 0.3 is 0 Å². The van der Waals surface area contributed by atoms with E-state index in [1.54, 1.807) is 10.7 Å². The first-order valence-corrected chi connectivity index (χ1v) is 9.47. The van der Waals surface area contributed by atoms with Gasteiger partial charge in [0.15, 0.2) is 0 Å². The van der Waals surface area contributed by atoms with Crippen LogP contribution in [-0.4, -0.2) is 38.2 Å². The Balaban J connectivity index is 1.64. The summed E-state index contributed by atoms with van der Waals surface area (Å²) < 4.78 is 20.5. The summed E-state index contributed by atoms with van der Waals surface area (Å²) in [7, 11) is 0. The van der Waals surface area contributed by atoms with Gasteiger partial charge in [0.1, 0.15) is 23.7 Å². The number of hydrogen-bond donors (Lipinski definition) is 1. The Morgan fingerprint density at radius 2 is 2.07 bits per heavy atom. The van der Waals surface area contributed by atoms with Crippen molar-refractivity contribution >= 4 is 34.0 Å². The molecule has 29 heavy (non-hydrogen) atoms. The fraction of sp³-hybridized carbons (Fsp3) is 0.200. The molecule has 2 heterocycles. The molecule has 148 valence electrons. The summed E-state index contributed by atoms with van der Waals surface area (Å²) in [6.45, 7) is 3.84. The van der Waals surface area contributed by atoms with Crippen molar-refractivity contribution in [2.75, 3.05) is 18.5 Å². The van der Waals surface area contributed by atoms with Gasteiger partial charge in [-0.2, -0.15) is 0 Å². The fourth-order valence-corrected chi connectivity index (χ4v) is 3.05. The molecule has 0 fully saturated rings. The van der Waals surface area contributed by atoms with Crippen LogP contribution < -0.4 is 5.32 Å². The van der Waals surface area contributed by atoms with Gasteiger partial charge < -0.3 is 10.1 Å². The van der Waals surface area contributed by atoms with E-state index in [4.69, 9.17) is 16.3 Å². The van der Waals surface area contributed by atoms with E-state index in [-0.39, 0.29) is 5.02 Å². The molecule has 0 radical (unpaired) electrons. The van der Waals surface area contributed by atoms with Crippen molar-refractivity contribution in [2.45, 2.75) is 13.5 Å². The Morgan fingerprint density at radius 3 is 2.90 bits per heavy atom. The van der Waals surface area contributed by atoms with Crippen molar-refractivity contribution in [3.63, 3.8) is 0 Å². The Kier molecular flexibility index (Phi) is 5.64. The molecule has 0 aliphatic rings. The summed E-state index contributed by atoms with van der Waals surface area (Å²) in [6, 6.07) is 10.2. The van der Waals surface area contributed by atoms with E-state index in [0.29, 0.717) is 31.3 Å². The maximum absolute atomic E-state index is 13.4. The Morgan fingerprint density at radius 1 is 1.17 bits per heavy atom. The first kappa shape index (κ1) is 19.2. The van der Waals surface area contributed by atoms with Gasteiger partial charge in [-0.25, -0.2) is 19.0 Å². The smallest absolute Gasteiger partial charge is 0.141 e. The summed E-state index contributed by atoms with van der Waals surface area (Å²) >= 11 is 5.88. The molecule has 0 atom stereocenters. The molecule has 0 amide bonds. The van der Waals surface area contributed by atoms with Crippen LogP contribution in [0.15, 0.2) is 48.9 Å². The summed E-state index contributed by atoms with van der Waals surface area (Å²) in [5, 5.41) is 12.4. The predicted octanol–water partition coefficient (Wildman–Crippen LogP) is 4.46. The van der Waals surface area contributed by atoms with Gasteiger partial charge in [-0.3, -0.25) is 0 Å². The first-order chi connectivity index (χ1) is 14.1. The van der Waals surface area contributed by atoms with E-state index in [0.717, 1.165) is 22.2 Å². The van der Waals surface area contributed by atoms with E-state index in [1.165, 1.54) is 18.5 Å². The zero-order chi connectivity index (χ0) is 20.2. The number of hydrogen-bond acceptors (Lipinski definition) is 6. The second-order valence-electron chi connectivity index (χ2n) is 6.27. The third-order valence-corrected chi connectivity index (χ3v) is 4.61. The van der Waals surface area contributed by atoms with Gasteiger partial charge in [0.2, 0.25) is 0 Å². The van der Waals surface area contributed by atoms with E-state index >= 15 is 0 Å². The molecule has 0 unspecified atom stereocenters. The number of rotatable bonds is 7. The molecule has 0 aliphatic heterocycles. The summed E-state index contributed by atoms with van der Waals surface area (Å²) in [4.78, 5) is 8.64. The molecular weight excluding hydrogens is 395 g/mol. The number of halogens is 2. The highest BCUT2D eigenvalue weighted by Crippen LogP contribution is 2.28. The molecule has 1 N–H and O–H groups in total. The van der Waals surface area contributed by atoms with Crippen LogP contribution in [0.4, 0.5) is 15.9 Å². The van der Waals surface area contributed by atoms with Crippen LogP contribution in [0.5, 0.6) is 0 Å². The molecular formula is C20H18ClFN6O. The number of nitrogens with zero attached hydrogens (tertiary/aromatic N) is 5. The standard InChI is InChI=1S/C20H18ClFN6O/c1-2-29-8-7-28-11-19(26-27-28)13-3-6-18-15(9-13)20(24-12-23-18)25-14-4-5-17(22)16(21)10-14/h3-6,9-12H,2,7-8H2,1H3,(H,23,24,25). The van der Waals surface area contributed by atoms with Crippen LogP contribution in [-0.2, 0) is 11.3 Å². The van der Waals surface area contributed by atoms with Gasteiger partial charge in [0.25, 0.3) is 0 Å². The maximum atomic E-state index is 13.4. The molecule has 0 spiro atoms. The van der Waals surface area contributed by atoms with Gasteiger partial charge in [0.05, 0.1) is 29.9 Å². The highest BCUT2D eigenvalue weighted by atomic mass is 35.5. The maximum Gasteiger partial charge on any atom is 0.141 e. The Bertz CT molecular complexity index is 1150. The topological polar surface area (TPSA) is 77.8 Å². The summed E-state index contributed by atoms with van der Waals surface area (Å²) in [6.07, 6.45) is 3.34. The van der Waals surface area contributed by atoms with Gasteiger partial charge in [-0.05, 0) is 37.3 Å². The van der Waals surface area contributed by atoms with Gasteiger partial charge in [-0.15, -0.1) is 5.10 Å². The normalized spacial score (nSPS) is 11.1. The average molecular weight is 413 g/mol. The third kappa shape index (κ3) is 4.33. The monoisotopic (exact) mass is 412 g/mol. The lowest BCUT2D eigenvalue weighted by atomic mass is 10.1. The lowest BCUT2D eigenvalue weighted by Crippen LogP contribution is -2.06. The van der Waals surface area contributed by atoms with Gasteiger partial charge in [-0.1, -0.05) is 22.9 Å². The molecule has 2 aromatic heterocycles. The van der Waals surface area contributed by atoms with Crippen LogP contribution in [0.3, 0.4) is 0 Å². The Hall–Kier alpha value is -3.10. The number of fused-ring (bicyclic) bond motifs is 1. The molecule has 9 heteroatoms. The minimum atomic E-state index is -0.473. The number of anilines is 2. The lowest BCUT2D eigenvalue weighted by molar-refractivity contribution is 0.136. The molecule has 0 bridgehead atoms. The van der Waals surface area contributed by atoms with Crippen molar-refractivity contribution in [1.82, 2.24) is 25.0 Å². The molecule has 7 nitrogen and oxygen atoms in total. The predicted molar refractivity (Wildman–Crippen MR) is 110 cm³/mol. The number of nitrogens with one attached hydrogen (secondary N) is 1. The van der Waals surface area contributed by atoms with Crippen LogP contribution in [0.1, 0.15) is 6.92 Å². The summed E-state index contributed by atoms with van der Waals surface area (Å²) in [5.41, 5.74) is 3.02. The molecule has 4 aromatic rings.